The van der Waals surface area contributed by atoms with Crippen molar-refractivity contribution in [3.05, 3.63) is 11.6 Å². The van der Waals surface area contributed by atoms with Crippen LogP contribution in [0.4, 0.5) is 13.2 Å². The van der Waals surface area contributed by atoms with E-state index < -0.39 is 12.1 Å². The van der Waals surface area contributed by atoms with Gasteiger partial charge in [0.1, 0.15) is 11.6 Å². The van der Waals surface area contributed by atoms with Crippen molar-refractivity contribution < 1.29 is 13.2 Å². The lowest BCUT2D eigenvalue weighted by atomic mass is 9.99. The maximum absolute atomic E-state index is 12.8. The third kappa shape index (κ3) is 3.71. The molecule has 0 bridgehead atoms. The van der Waals surface area contributed by atoms with Gasteiger partial charge < -0.3 is 9.88 Å². The number of alkyl halides is 3. The predicted molar refractivity (Wildman–Crippen MR) is 69.3 cm³/mol. The van der Waals surface area contributed by atoms with Crippen LogP contribution in [0.5, 0.6) is 0 Å². The van der Waals surface area contributed by atoms with E-state index in [2.05, 4.69) is 15.5 Å². The molecule has 0 aromatic carbocycles. The van der Waals surface area contributed by atoms with Crippen molar-refractivity contribution in [2.24, 2.45) is 5.92 Å². The smallest absolute Gasteiger partial charge is 0.314 e. The Hall–Kier alpha value is -1.11. The molecule has 0 aliphatic carbocycles. The molecule has 114 valence electrons. The van der Waals surface area contributed by atoms with Gasteiger partial charge in [0.2, 0.25) is 0 Å². The van der Waals surface area contributed by atoms with Crippen LogP contribution < -0.4 is 5.32 Å². The normalized spacial score (nSPS) is 20.0. The lowest BCUT2D eigenvalue weighted by Gasteiger charge is -2.26. The Balaban J connectivity index is 2.02. The largest absolute Gasteiger partial charge is 0.393 e. The van der Waals surface area contributed by atoms with Crippen LogP contribution in [-0.2, 0) is 19.4 Å². The molecule has 1 aliphatic rings. The minimum absolute atomic E-state index is 0.0146. The quantitative estimate of drug-likeness (QED) is 0.929. The number of fused-ring (bicyclic) bond motifs is 1. The highest BCUT2D eigenvalue weighted by Gasteiger charge is 2.42. The van der Waals surface area contributed by atoms with Gasteiger partial charge in [-0.1, -0.05) is 0 Å². The van der Waals surface area contributed by atoms with Gasteiger partial charge in [0, 0.05) is 31.5 Å². The first-order chi connectivity index (χ1) is 9.17. The monoisotopic (exact) mass is 290 g/mol. The molecular formula is C13H21F3N4. The fraction of sp³-hybridized carbons (Fsp3) is 0.846. The number of aromatic nitrogens is 3. The molecular weight excluding hydrogens is 269 g/mol. The maximum atomic E-state index is 12.8. The average Bonchev–Trinajstić information content (AvgIpc) is 2.69. The van der Waals surface area contributed by atoms with E-state index in [0.717, 1.165) is 0 Å². The first-order valence-electron chi connectivity index (χ1n) is 6.89. The van der Waals surface area contributed by atoms with Gasteiger partial charge in [-0.2, -0.15) is 13.2 Å². The van der Waals surface area contributed by atoms with Crippen molar-refractivity contribution in [2.45, 2.75) is 58.3 Å². The van der Waals surface area contributed by atoms with Gasteiger partial charge in [0.05, 0.1) is 5.92 Å². The summed E-state index contributed by atoms with van der Waals surface area (Å²) in [5.74, 6) is 0.0438. The zero-order chi connectivity index (χ0) is 15.0. The Kier molecular flexibility index (Phi) is 4.09. The molecule has 1 aromatic rings. The SMILES string of the molecule is CC(C)(C)NCCc1nnc2n1CC(C(F)(F)F)CC2. The van der Waals surface area contributed by atoms with Gasteiger partial charge in [0.15, 0.2) is 0 Å². The van der Waals surface area contributed by atoms with Crippen LogP contribution >= 0.6 is 0 Å². The minimum atomic E-state index is -4.14. The topological polar surface area (TPSA) is 42.7 Å². The van der Waals surface area contributed by atoms with Gasteiger partial charge in [-0.05, 0) is 27.2 Å². The van der Waals surface area contributed by atoms with E-state index in [1.165, 1.54) is 0 Å². The summed E-state index contributed by atoms with van der Waals surface area (Å²) < 4.78 is 40.1. The lowest BCUT2D eigenvalue weighted by molar-refractivity contribution is -0.182. The first kappa shape index (κ1) is 15.3. The minimum Gasteiger partial charge on any atom is -0.314 e. The van der Waals surface area contributed by atoms with Crippen LogP contribution in [0.1, 0.15) is 38.8 Å². The number of nitrogens with one attached hydrogen (secondary N) is 1. The molecule has 0 saturated heterocycles. The van der Waals surface area contributed by atoms with E-state index >= 15 is 0 Å². The first-order valence-corrected chi connectivity index (χ1v) is 6.89. The molecule has 1 N–H and O–H groups in total. The van der Waals surface area contributed by atoms with Crippen LogP contribution in [0.25, 0.3) is 0 Å². The summed E-state index contributed by atoms with van der Waals surface area (Å²) in [4.78, 5) is 0. The van der Waals surface area contributed by atoms with E-state index in [-0.39, 0.29) is 18.5 Å². The molecule has 2 heterocycles. The van der Waals surface area contributed by atoms with Gasteiger partial charge in [-0.15, -0.1) is 10.2 Å². The summed E-state index contributed by atoms with van der Waals surface area (Å²) in [6.45, 7) is 6.78. The number of aryl methyl sites for hydroxylation is 1. The zero-order valence-corrected chi connectivity index (χ0v) is 12.1. The fourth-order valence-corrected chi connectivity index (χ4v) is 2.38. The summed E-state index contributed by atoms with van der Waals surface area (Å²) in [6.07, 6.45) is -3.08. The third-order valence-corrected chi connectivity index (χ3v) is 3.49. The molecule has 1 atom stereocenters. The highest BCUT2D eigenvalue weighted by atomic mass is 19.4. The maximum Gasteiger partial charge on any atom is 0.393 e. The summed E-state index contributed by atoms with van der Waals surface area (Å²) in [5, 5.41) is 11.4. The fourth-order valence-electron chi connectivity index (χ4n) is 2.38. The summed E-state index contributed by atoms with van der Waals surface area (Å²) in [5.41, 5.74) is -0.0146. The van der Waals surface area contributed by atoms with E-state index in [1.807, 2.05) is 20.8 Å². The molecule has 0 spiro atoms. The van der Waals surface area contributed by atoms with Crippen molar-refractivity contribution in [3.8, 4) is 0 Å². The molecule has 0 radical (unpaired) electrons. The Labute approximate surface area is 116 Å². The third-order valence-electron chi connectivity index (χ3n) is 3.49. The summed E-state index contributed by atoms with van der Waals surface area (Å²) in [7, 11) is 0. The molecule has 7 heteroatoms. The summed E-state index contributed by atoms with van der Waals surface area (Å²) in [6, 6.07) is 0. The molecule has 0 saturated carbocycles. The number of hydrogen-bond donors (Lipinski definition) is 1. The highest BCUT2D eigenvalue weighted by Crippen LogP contribution is 2.34. The molecule has 0 fully saturated rings. The van der Waals surface area contributed by atoms with Crippen LogP contribution in [-0.4, -0.2) is 33.0 Å². The number of halogens is 3. The molecule has 1 aliphatic heterocycles. The standard InChI is InChI=1S/C13H21F3N4/c1-12(2,3)17-7-6-11-19-18-10-5-4-9(8-20(10)11)13(14,15)16/h9,17H,4-8H2,1-3H3. The zero-order valence-electron chi connectivity index (χ0n) is 12.1. The number of nitrogens with zero attached hydrogens (tertiary/aromatic N) is 3. The van der Waals surface area contributed by atoms with E-state index in [1.54, 1.807) is 4.57 Å². The van der Waals surface area contributed by atoms with Gasteiger partial charge in [-0.25, -0.2) is 0 Å². The predicted octanol–water partition coefficient (Wildman–Crippen LogP) is 2.33. The highest BCUT2D eigenvalue weighted by molar-refractivity contribution is 5.01. The molecule has 20 heavy (non-hydrogen) atoms. The molecule has 1 unspecified atom stereocenters. The Morgan fingerprint density at radius 2 is 1.95 bits per heavy atom. The van der Waals surface area contributed by atoms with Crippen LogP contribution in [0.15, 0.2) is 0 Å². The lowest BCUT2D eigenvalue weighted by Crippen LogP contribution is -2.38. The van der Waals surface area contributed by atoms with Crippen LogP contribution in [0.3, 0.4) is 0 Å². The van der Waals surface area contributed by atoms with Crippen molar-refractivity contribution in [3.63, 3.8) is 0 Å². The van der Waals surface area contributed by atoms with Gasteiger partial charge in [-0.3, -0.25) is 0 Å². The Bertz CT molecular complexity index is 459. The van der Waals surface area contributed by atoms with Gasteiger partial charge >= 0.3 is 6.18 Å². The average molecular weight is 290 g/mol. The Morgan fingerprint density at radius 1 is 1.25 bits per heavy atom. The van der Waals surface area contributed by atoms with Crippen molar-refractivity contribution in [1.29, 1.82) is 0 Å². The second kappa shape index (κ2) is 5.35. The Morgan fingerprint density at radius 3 is 2.55 bits per heavy atom. The second-order valence-corrected chi connectivity index (χ2v) is 6.35. The number of rotatable bonds is 3. The van der Waals surface area contributed by atoms with Crippen LogP contribution in [0, 0.1) is 5.92 Å². The molecule has 4 nitrogen and oxygen atoms in total. The van der Waals surface area contributed by atoms with E-state index in [0.29, 0.717) is 31.0 Å². The van der Waals surface area contributed by atoms with Crippen molar-refractivity contribution in [1.82, 2.24) is 20.1 Å². The number of hydrogen-bond acceptors (Lipinski definition) is 3. The molecule has 1 aromatic heterocycles. The van der Waals surface area contributed by atoms with Crippen molar-refractivity contribution in [2.75, 3.05) is 6.54 Å². The van der Waals surface area contributed by atoms with E-state index in [9.17, 15) is 13.2 Å². The van der Waals surface area contributed by atoms with Crippen LogP contribution in [0.2, 0.25) is 0 Å². The molecule has 0 amide bonds. The molecule has 2 rings (SSSR count). The van der Waals surface area contributed by atoms with Crippen molar-refractivity contribution >= 4 is 0 Å². The second-order valence-electron chi connectivity index (χ2n) is 6.35. The van der Waals surface area contributed by atoms with E-state index in [4.69, 9.17) is 0 Å². The van der Waals surface area contributed by atoms with Gasteiger partial charge in [0.25, 0.3) is 0 Å². The summed E-state index contributed by atoms with van der Waals surface area (Å²) >= 11 is 0.